The van der Waals surface area contributed by atoms with Crippen LogP contribution in [0.15, 0.2) is 24.3 Å². The van der Waals surface area contributed by atoms with Crippen molar-refractivity contribution < 1.29 is 4.79 Å². The van der Waals surface area contributed by atoms with Crippen molar-refractivity contribution in [2.75, 3.05) is 18.4 Å². The Morgan fingerprint density at radius 3 is 2.62 bits per heavy atom. The number of hydrogen-bond acceptors (Lipinski definition) is 2. The van der Waals surface area contributed by atoms with E-state index in [2.05, 4.69) is 10.6 Å². The molecule has 2 rings (SSSR count). The molecule has 0 bridgehead atoms. The van der Waals surface area contributed by atoms with Gasteiger partial charge >= 0.3 is 0 Å². The van der Waals surface area contributed by atoms with E-state index in [9.17, 15) is 4.79 Å². The first-order valence-corrected chi connectivity index (χ1v) is 5.40. The van der Waals surface area contributed by atoms with Crippen LogP contribution in [0.2, 0.25) is 5.02 Å². The van der Waals surface area contributed by atoms with Crippen LogP contribution in [0.3, 0.4) is 0 Å². The molecule has 16 heavy (non-hydrogen) atoms. The minimum atomic E-state index is 0. The zero-order chi connectivity index (χ0) is 10.7. The zero-order valence-electron chi connectivity index (χ0n) is 8.70. The summed E-state index contributed by atoms with van der Waals surface area (Å²) in [5.74, 6) is 0.183. The molecule has 1 atom stereocenters. The lowest BCUT2D eigenvalue weighted by Gasteiger charge is -2.09. The molecule has 1 amide bonds. The zero-order valence-corrected chi connectivity index (χ0v) is 10.3. The number of carbonyl (C=O) groups is 1. The lowest BCUT2D eigenvalue weighted by molar-refractivity contribution is -0.119. The van der Waals surface area contributed by atoms with Crippen LogP contribution in [-0.2, 0) is 4.79 Å². The molecule has 88 valence electrons. The molecule has 0 unspecified atom stereocenters. The van der Waals surface area contributed by atoms with Crippen molar-refractivity contribution in [2.45, 2.75) is 6.42 Å². The second kappa shape index (κ2) is 6.09. The van der Waals surface area contributed by atoms with Gasteiger partial charge in [-0.15, -0.1) is 12.4 Å². The predicted octanol–water partition coefficient (Wildman–Crippen LogP) is 2.31. The molecule has 1 aromatic rings. The number of hydrogen-bond donors (Lipinski definition) is 2. The summed E-state index contributed by atoms with van der Waals surface area (Å²) in [6.07, 6.45) is 0.916. The number of rotatable bonds is 2. The summed E-state index contributed by atoms with van der Waals surface area (Å²) in [5, 5.41) is 6.72. The fourth-order valence-corrected chi connectivity index (χ4v) is 1.78. The monoisotopic (exact) mass is 260 g/mol. The second-order valence-corrected chi connectivity index (χ2v) is 4.12. The number of halogens is 2. The van der Waals surface area contributed by atoms with Crippen LogP contribution in [0.1, 0.15) is 6.42 Å². The highest BCUT2D eigenvalue weighted by molar-refractivity contribution is 6.30. The van der Waals surface area contributed by atoms with Gasteiger partial charge in [-0.05, 0) is 37.2 Å². The van der Waals surface area contributed by atoms with Gasteiger partial charge in [0.2, 0.25) is 5.91 Å². The summed E-state index contributed by atoms with van der Waals surface area (Å²) < 4.78 is 0. The Hall–Kier alpha value is -0.770. The molecule has 1 aromatic carbocycles. The number of benzene rings is 1. The van der Waals surface area contributed by atoms with Crippen LogP contribution in [0, 0.1) is 5.92 Å². The number of carbonyl (C=O) groups excluding carboxylic acids is 1. The molecule has 1 heterocycles. The molecule has 0 aliphatic carbocycles. The SMILES string of the molecule is Cl.O=C(Nc1ccc(Cl)cc1)[C@@H]1CCNC1. The fraction of sp³-hybridized carbons (Fsp3) is 0.364. The predicted molar refractivity (Wildman–Crippen MR) is 68.3 cm³/mol. The molecule has 1 aliphatic heterocycles. The maximum absolute atomic E-state index is 11.7. The first-order chi connectivity index (χ1) is 7.25. The van der Waals surface area contributed by atoms with Gasteiger partial charge in [-0.3, -0.25) is 4.79 Å². The van der Waals surface area contributed by atoms with Crippen LogP contribution < -0.4 is 10.6 Å². The molecule has 0 saturated carbocycles. The molecule has 1 fully saturated rings. The lowest BCUT2D eigenvalue weighted by atomic mass is 10.1. The topological polar surface area (TPSA) is 41.1 Å². The van der Waals surface area contributed by atoms with Crippen LogP contribution in [0.4, 0.5) is 5.69 Å². The van der Waals surface area contributed by atoms with Gasteiger partial charge in [0.1, 0.15) is 0 Å². The van der Waals surface area contributed by atoms with Gasteiger partial charge in [0.05, 0.1) is 5.92 Å². The van der Waals surface area contributed by atoms with E-state index in [1.807, 2.05) is 12.1 Å². The molecule has 1 saturated heterocycles. The van der Waals surface area contributed by atoms with Crippen LogP contribution in [0.25, 0.3) is 0 Å². The molecule has 5 heteroatoms. The molecular formula is C11H14Cl2N2O. The number of nitrogens with one attached hydrogen (secondary N) is 2. The van der Waals surface area contributed by atoms with Crippen LogP contribution in [-0.4, -0.2) is 19.0 Å². The average Bonchev–Trinajstić information content (AvgIpc) is 2.74. The summed E-state index contributed by atoms with van der Waals surface area (Å²) in [7, 11) is 0. The van der Waals surface area contributed by atoms with E-state index in [0.717, 1.165) is 25.2 Å². The van der Waals surface area contributed by atoms with Crippen molar-refractivity contribution >= 4 is 35.6 Å². The highest BCUT2D eigenvalue weighted by Gasteiger charge is 2.22. The van der Waals surface area contributed by atoms with Crippen LogP contribution in [0.5, 0.6) is 0 Å². The van der Waals surface area contributed by atoms with E-state index < -0.39 is 0 Å². The summed E-state index contributed by atoms with van der Waals surface area (Å²) in [5.41, 5.74) is 0.802. The molecule has 1 aliphatic rings. The maximum Gasteiger partial charge on any atom is 0.228 e. The normalized spacial score (nSPS) is 18.9. The van der Waals surface area contributed by atoms with Crippen molar-refractivity contribution in [2.24, 2.45) is 5.92 Å². The number of anilines is 1. The van der Waals surface area contributed by atoms with Gasteiger partial charge in [-0.2, -0.15) is 0 Å². The third kappa shape index (κ3) is 3.37. The van der Waals surface area contributed by atoms with Crippen molar-refractivity contribution in [1.29, 1.82) is 0 Å². The Kier molecular flexibility index (Phi) is 5.06. The van der Waals surface area contributed by atoms with Crippen molar-refractivity contribution in [3.63, 3.8) is 0 Å². The summed E-state index contributed by atoms with van der Waals surface area (Å²) in [6, 6.07) is 7.15. The third-order valence-corrected chi connectivity index (χ3v) is 2.79. The Morgan fingerprint density at radius 1 is 1.38 bits per heavy atom. The van der Waals surface area contributed by atoms with Crippen molar-refractivity contribution in [3.8, 4) is 0 Å². The highest BCUT2D eigenvalue weighted by Crippen LogP contribution is 2.15. The number of amides is 1. The van der Waals surface area contributed by atoms with E-state index >= 15 is 0 Å². The Morgan fingerprint density at radius 2 is 2.06 bits per heavy atom. The Balaban J connectivity index is 0.00000128. The molecule has 0 radical (unpaired) electrons. The second-order valence-electron chi connectivity index (χ2n) is 3.69. The van der Waals surface area contributed by atoms with Gasteiger partial charge in [-0.25, -0.2) is 0 Å². The minimum absolute atomic E-state index is 0. The van der Waals surface area contributed by atoms with Crippen molar-refractivity contribution in [3.05, 3.63) is 29.3 Å². The van der Waals surface area contributed by atoms with Gasteiger partial charge in [0.15, 0.2) is 0 Å². The summed E-state index contributed by atoms with van der Waals surface area (Å²) >= 11 is 5.75. The first kappa shape index (κ1) is 13.3. The molecule has 3 nitrogen and oxygen atoms in total. The quantitative estimate of drug-likeness (QED) is 0.857. The molecular weight excluding hydrogens is 247 g/mol. The van der Waals surface area contributed by atoms with Gasteiger partial charge < -0.3 is 10.6 Å². The fourth-order valence-electron chi connectivity index (χ4n) is 1.66. The highest BCUT2D eigenvalue weighted by atomic mass is 35.5. The Bertz CT molecular complexity index is 348. The van der Waals surface area contributed by atoms with Crippen molar-refractivity contribution in [1.82, 2.24) is 5.32 Å². The first-order valence-electron chi connectivity index (χ1n) is 5.03. The largest absolute Gasteiger partial charge is 0.326 e. The maximum atomic E-state index is 11.7. The van der Waals surface area contributed by atoms with Gasteiger partial charge in [0.25, 0.3) is 0 Å². The van der Waals surface area contributed by atoms with E-state index in [4.69, 9.17) is 11.6 Å². The van der Waals surface area contributed by atoms with Gasteiger partial charge in [0, 0.05) is 17.3 Å². The average molecular weight is 261 g/mol. The van der Waals surface area contributed by atoms with Crippen LogP contribution >= 0.6 is 24.0 Å². The third-order valence-electron chi connectivity index (χ3n) is 2.54. The standard InChI is InChI=1S/C11H13ClN2O.ClH/c12-9-1-3-10(4-2-9)14-11(15)8-5-6-13-7-8;/h1-4,8,13H,5-7H2,(H,14,15);1H/t8-;/m1./s1. The van der Waals surface area contributed by atoms with E-state index in [1.54, 1.807) is 12.1 Å². The van der Waals surface area contributed by atoms with E-state index in [-0.39, 0.29) is 24.2 Å². The van der Waals surface area contributed by atoms with E-state index in [0.29, 0.717) is 5.02 Å². The summed E-state index contributed by atoms with van der Waals surface area (Å²) in [6.45, 7) is 1.71. The molecule has 0 aromatic heterocycles. The summed E-state index contributed by atoms with van der Waals surface area (Å²) in [4.78, 5) is 11.7. The molecule has 0 spiro atoms. The molecule has 2 N–H and O–H groups in total. The smallest absolute Gasteiger partial charge is 0.228 e. The van der Waals surface area contributed by atoms with E-state index in [1.165, 1.54) is 0 Å². The lowest BCUT2D eigenvalue weighted by Crippen LogP contribution is -2.24. The van der Waals surface area contributed by atoms with Gasteiger partial charge in [-0.1, -0.05) is 11.6 Å². The minimum Gasteiger partial charge on any atom is -0.326 e. The Labute approximate surface area is 106 Å².